The van der Waals surface area contributed by atoms with Crippen molar-refractivity contribution in [2.24, 2.45) is 0 Å². The van der Waals surface area contributed by atoms with Gasteiger partial charge in [0.25, 0.3) is 10.0 Å². The molecular weight excluding hydrogens is 531 g/mol. The number of amides is 1. The van der Waals surface area contributed by atoms with Crippen molar-refractivity contribution in [1.82, 2.24) is 0 Å². The van der Waals surface area contributed by atoms with Gasteiger partial charge in [-0.1, -0.05) is 72.8 Å². The fourth-order valence-electron chi connectivity index (χ4n) is 4.57. The molecule has 39 heavy (non-hydrogen) atoms. The lowest BCUT2D eigenvalue weighted by molar-refractivity contribution is -0.322. The van der Waals surface area contributed by atoms with Crippen molar-refractivity contribution in [1.29, 1.82) is 0 Å². The number of carbonyl (C=O) groups is 1. The predicted octanol–water partition coefficient (Wildman–Crippen LogP) is 5.90. The summed E-state index contributed by atoms with van der Waals surface area (Å²) in [6.45, 7) is 0. The van der Waals surface area contributed by atoms with Gasteiger partial charge in [0.05, 0.1) is 10.6 Å². The van der Waals surface area contributed by atoms with Crippen LogP contribution in [0.1, 0.15) is 17.0 Å². The lowest BCUT2D eigenvalue weighted by Crippen LogP contribution is -2.38. The van der Waals surface area contributed by atoms with Crippen LogP contribution in [0.5, 0.6) is 0 Å². The highest BCUT2D eigenvalue weighted by molar-refractivity contribution is 7.92. The van der Waals surface area contributed by atoms with Crippen LogP contribution in [0, 0.1) is 0 Å². The molecular formula is C28H22F3N3O4S. The van der Waals surface area contributed by atoms with Crippen LogP contribution in [0.4, 0.5) is 30.2 Å². The summed E-state index contributed by atoms with van der Waals surface area (Å²) < 4.78 is 67.9. The molecule has 0 aliphatic carbocycles. The zero-order chi connectivity index (χ0) is 27.6. The van der Waals surface area contributed by atoms with Crippen molar-refractivity contribution in [2.45, 2.75) is 23.2 Å². The van der Waals surface area contributed by atoms with Crippen LogP contribution in [-0.4, -0.2) is 26.7 Å². The molecule has 5 rings (SSSR count). The molecule has 1 heterocycles. The number of benzene rings is 4. The molecule has 0 saturated heterocycles. The minimum absolute atomic E-state index is 0.115. The smallest absolute Gasteiger partial charge is 0.373 e. The lowest BCUT2D eigenvalue weighted by Gasteiger charge is -2.28. The number of halogens is 3. The van der Waals surface area contributed by atoms with Gasteiger partial charge in [0.2, 0.25) is 5.91 Å². The molecule has 0 fully saturated rings. The second-order valence-corrected chi connectivity index (χ2v) is 10.4. The molecule has 1 aliphatic heterocycles. The van der Waals surface area contributed by atoms with Crippen molar-refractivity contribution in [3.8, 4) is 0 Å². The van der Waals surface area contributed by atoms with E-state index in [4.69, 9.17) is 0 Å². The minimum atomic E-state index is -5.33. The predicted molar refractivity (Wildman–Crippen MR) is 140 cm³/mol. The number of fused-ring (bicyclic) bond motifs is 1. The number of alkyl halides is 3. The summed E-state index contributed by atoms with van der Waals surface area (Å²) in [6, 6.07) is 27.3. The van der Waals surface area contributed by atoms with Gasteiger partial charge in [-0.25, -0.2) is 0 Å². The van der Waals surface area contributed by atoms with Gasteiger partial charge in [0.15, 0.2) is 0 Å². The Morgan fingerprint density at radius 2 is 1.41 bits per heavy atom. The van der Waals surface area contributed by atoms with Gasteiger partial charge in [-0.2, -0.15) is 13.3 Å². The van der Waals surface area contributed by atoms with E-state index in [1.807, 2.05) is 0 Å². The van der Waals surface area contributed by atoms with Gasteiger partial charge in [0, 0.05) is 22.9 Å². The molecule has 1 aliphatic rings. The Balaban J connectivity index is 1.65. The van der Waals surface area contributed by atoms with Crippen molar-refractivity contribution >= 4 is 33.0 Å². The summed E-state index contributed by atoms with van der Waals surface area (Å²) in [7, 11) is -4.84. The van der Waals surface area contributed by atoms with E-state index in [2.05, 4.69) is 15.5 Å². The van der Waals surface area contributed by atoms with Crippen molar-refractivity contribution < 1.29 is 31.2 Å². The van der Waals surface area contributed by atoms with Gasteiger partial charge in [-0.15, -0.1) is 17.6 Å². The monoisotopic (exact) mass is 553 g/mol. The largest absolute Gasteiger partial charge is 0.544 e. The SMILES string of the molecule is O=C(Nc1ccccc1)C1Nc2cccc(N(OC(F)(F)F)S(=O)(=O)c3ccccc3)c2C1c1ccccc1. The summed E-state index contributed by atoms with van der Waals surface area (Å²) in [6.07, 6.45) is -5.33. The number of rotatable bonds is 7. The molecule has 0 spiro atoms. The lowest BCUT2D eigenvalue weighted by atomic mass is 9.86. The third-order valence-corrected chi connectivity index (χ3v) is 7.74. The van der Waals surface area contributed by atoms with E-state index in [9.17, 15) is 26.4 Å². The van der Waals surface area contributed by atoms with E-state index in [1.54, 1.807) is 72.8 Å². The molecule has 200 valence electrons. The number of sulfonamides is 1. The summed E-state index contributed by atoms with van der Waals surface area (Å²) in [5, 5.41) is 5.90. The molecule has 4 aromatic carbocycles. The van der Waals surface area contributed by atoms with Gasteiger partial charge < -0.3 is 10.6 Å². The first-order chi connectivity index (χ1) is 18.6. The van der Waals surface area contributed by atoms with Crippen LogP contribution in [0.25, 0.3) is 0 Å². The van der Waals surface area contributed by atoms with Gasteiger partial charge in [0.1, 0.15) is 6.04 Å². The van der Waals surface area contributed by atoms with E-state index in [1.165, 1.54) is 36.4 Å². The molecule has 11 heteroatoms. The van der Waals surface area contributed by atoms with Crippen LogP contribution in [0.3, 0.4) is 0 Å². The van der Waals surface area contributed by atoms with Gasteiger partial charge in [-0.05, 0) is 42.0 Å². The molecule has 0 aromatic heterocycles. The third-order valence-electron chi connectivity index (χ3n) is 6.16. The van der Waals surface area contributed by atoms with E-state index >= 15 is 0 Å². The summed E-state index contributed by atoms with van der Waals surface area (Å²) in [5.74, 6) is -1.31. The molecule has 7 nitrogen and oxygen atoms in total. The van der Waals surface area contributed by atoms with E-state index in [0.717, 1.165) is 0 Å². The van der Waals surface area contributed by atoms with Crippen LogP contribution in [-0.2, 0) is 19.7 Å². The first kappa shape index (κ1) is 26.3. The molecule has 2 unspecified atom stereocenters. The topological polar surface area (TPSA) is 87.7 Å². The average molecular weight is 554 g/mol. The first-order valence-electron chi connectivity index (χ1n) is 11.8. The van der Waals surface area contributed by atoms with E-state index in [0.29, 0.717) is 16.9 Å². The second kappa shape index (κ2) is 10.4. The zero-order valence-corrected chi connectivity index (χ0v) is 21.0. The number of hydrogen-bond acceptors (Lipinski definition) is 5. The number of para-hydroxylation sites is 1. The Hall–Kier alpha value is -4.35. The summed E-state index contributed by atoms with van der Waals surface area (Å²) in [4.78, 5) is 17.2. The Labute approximate surface area is 222 Å². The number of nitrogens with one attached hydrogen (secondary N) is 2. The quantitative estimate of drug-likeness (QED) is 0.279. The maximum absolute atomic E-state index is 13.6. The van der Waals surface area contributed by atoms with Crippen molar-refractivity contribution in [3.05, 3.63) is 120 Å². The van der Waals surface area contributed by atoms with Gasteiger partial charge >= 0.3 is 6.36 Å². The average Bonchev–Trinajstić information content (AvgIpc) is 3.33. The van der Waals surface area contributed by atoms with Crippen LogP contribution in [0.2, 0.25) is 0 Å². The molecule has 2 N–H and O–H groups in total. The number of nitrogens with zero attached hydrogens (tertiary/aromatic N) is 1. The summed E-state index contributed by atoms with van der Waals surface area (Å²) in [5.41, 5.74) is 1.22. The number of anilines is 3. The fourth-order valence-corrected chi connectivity index (χ4v) is 5.86. The highest BCUT2D eigenvalue weighted by atomic mass is 32.2. The van der Waals surface area contributed by atoms with Crippen LogP contribution < -0.4 is 15.1 Å². The molecule has 1 amide bonds. The molecule has 0 radical (unpaired) electrons. The normalized spacial score (nSPS) is 16.7. The highest BCUT2D eigenvalue weighted by Crippen LogP contribution is 2.47. The van der Waals surface area contributed by atoms with Gasteiger partial charge in [-0.3, -0.25) is 4.79 Å². The first-order valence-corrected chi connectivity index (χ1v) is 13.3. The Bertz CT molecular complexity index is 1570. The molecule has 0 saturated carbocycles. The number of hydrogen-bond donors (Lipinski definition) is 2. The second-order valence-electron chi connectivity index (χ2n) is 8.69. The minimum Gasteiger partial charge on any atom is -0.373 e. The fraction of sp³-hybridized carbons (Fsp3) is 0.107. The number of carbonyl (C=O) groups excluding carboxylic acids is 1. The maximum atomic E-state index is 13.6. The zero-order valence-electron chi connectivity index (χ0n) is 20.2. The Kier molecular flexibility index (Phi) is 7.02. The van der Waals surface area contributed by atoms with Crippen molar-refractivity contribution in [3.63, 3.8) is 0 Å². The molecule has 2 atom stereocenters. The Morgan fingerprint density at radius 1 is 0.821 bits per heavy atom. The van der Waals surface area contributed by atoms with E-state index in [-0.39, 0.29) is 15.7 Å². The van der Waals surface area contributed by atoms with Crippen molar-refractivity contribution in [2.75, 3.05) is 15.1 Å². The standard InChI is InChI=1S/C28H22F3N3O4S/c29-28(30,31)38-34(39(36,37)21-15-8-3-9-16-21)23-18-10-17-22-25(23)24(19-11-4-1-5-12-19)26(33-22)27(35)32-20-13-6-2-7-14-20/h1-18,24,26,33H,(H,32,35). The molecule has 0 bridgehead atoms. The third kappa shape index (κ3) is 5.45. The highest BCUT2D eigenvalue weighted by Gasteiger charge is 2.45. The summed E-state index contributed by atoms with van der Waals surface area (Å²) >= 11 is 0. The molecule has 4 aromatic rings. The maximum Gasteiger partial charge on any atom is 0.544 e. The van der Waals surface area contributed by atoms with E-state index < -0.39 is 39.1 Å². The van der Waals surface area contributed by atoms with Crippen LogP contribution in [0.15, 0.2) is 114 Å². The Morgan fingerprint density at radius 3 is 2.03 bits per heavy atom. The van der Waals surface area contributed by atoms with Crippen LogP contribution >= 0.6 is 0 Å².